The predicted molar refractivity (Wildman–Crippen MR) is 111 cm³/mol. The number of halogens is 1. The van der Waals surface area contributed by atoms with Gasteiger partial charge in [0.05, 0.1) is 12.6 Å². The Hall–Kier alpha value is -1.23. The molecule has 9 heteroatoms. The average Bonchev–Trinajstić information content (AvgIpc) is 3.42. The Labute approximate surface area is 184 Å². The lowest BCUT2D eigenvalue weighted by atomic mass is 10.0. The van der Waals surface area contributed by atoms with Crippen LogP contribution < -0.4 is 10.6 Å². The predicted octanol–water partition coefficient (Wildman–Crippen LogP) is 3.50. The lowest BCUT2D eigenvalue weighted by Gasteiger charge is -2.30. The fraction of sp³-hybridized carbons (Fsp3) is 0.667. The second-order valence-corrected chi connectivity index (χ2v) is 9.70. The summed E-state index contributed by atoms with van der Waals surface area (Å²) in [5.41, 5.74) is 0.683. The summed E-state index contributed by atoms with van der Waals surface area (Å²) < 4.78 is 31.4. The second-order valence-electron chi connectivity index (χ2n) is 8.79. The maximum Gasteiger partial charge on any atom is 0.319 e. The Morgan fingerprint density at radius 2 is 1.93 bits per heavy atom. The molecule has 0 unspecified atom stereocenters. The van der Waals surface area contributed by atoms with Crippen LogP contribution in [0.15, 0.2) is 28.7 Å². The van der Waals surface area contributed by atoms with Crippen molar-refractivity contribution in [1.82, 2.24) is 5.32 Å². The fourth-order valence-corrected chi connectivity index (χ4v) is 5.21. The van der Waals surface area contributed by atoms with Gasteiger partial charge >= 0.3 is 6.03 Å². The number of benzene rings is 1. The number of nitrogens with one attached hydrogen (secondary N) is 2. The van der Waals surface area contributed by atoms with Crippen molar-refractivity contribution in [3.05, 3.63) is 28.7 Å². The Balaban J connectivity index is 1.31. The first-order valence-corrected chi connectivity index (χ1v) is 11.3. The molecule has 1 aromatic rings. The quantitative estimate of drug-likeness (QED) is 0.685. The van der Waals surface area contributed by atoms with Gasteiger partial charge in [-0.2, -0.15) is 0 Å². The number of hydrogen-bond acceptors (Lipinski definition) is 6. The van der Waals surface area contributed by atoms with Crippen molar-refractivity contribution in [2.75, 3.05) is 11.9 Å². The normalized spacial score (nSPS) is 36.2. The third kappa shape index (κ3) is 3.99. The molecule has 0 radical (unpaired) electrons. The van der Waals surface area contributed by atoms with Gasteiger partial charge in [-0.1, -0.05) is 22.0 Å². The topological polar surface area (TPSA) is 87.3 Å². The summed E-state index contributed by atoms with van der Waals surface area (Å²) in [7, 11) is 0. The smallest absolute Gasteiger partial charge is 0.319 e. The standard InChI is InChI=1S/C21H27BrN2O6/c1-20(2)29-17-15(24-19(25)23-13-7-5-6-12(22)10-13)16(27-18(17)30-20)14-11-26-21(28-14)8-3-4-9-21/h5-7,10,14-18H,3-4,8-9,11H2,1-2H3,(H2,23,24,25)/t14-,15-,16-,17-,18-/m1/s1. The Morgan fingerprint density at radius 1 is 1.13 bits per heavy atom. The highest BCUT2D eigenvalue weighted by atomic mass is 79.9. The summed E-state index contributed by atoms with van der Waals surface area (Å²) in [6, 6.07) is 6.64. The molecule has 30 heavy (non-hydrogen) atoms. The van der Waals surface area contributed by atoms with Crippen LogP contribution in [0.2, 0.25) is 0 Å². The summed E-state index contributed by atoms with van der Waals surface area (Å²) >= 11 is 3.41. The van der Waals surface area contributed by atoms with Crippen molar-refractivity contribution in [2.45, 2.75) is 81.7 Å². The highest BCUT2D eigenvalue weighted by molar-refractivity contribution is 9.10. The monoisotopic (exact) mass is 482 g/mol. The Bertz CT molecular complexity index is 814. The maximum atomic E-state index is 12.8. The zero-order valence-electron chi connectivity index (χ0n) is 17.1. The van der Waals surface area contributed by atoms with E-state index < -0.39 is 36.1 Å². The van der Waals surface area contributed by atoms with Gasteiger partial charge in [-0.3, -0.25) is 0 Å². The SMILES string of the molecule is CC1(C)O[C@H]2O[C@H]([C@H]3COC4(CCCC4)O3)[C@@H](NC(=O)Nc3cccc(Br)c3)[C@H]2O1. The number of fused-ring (bicyclic) bond motifs is 1. The minimum absolute atomic E-state index is 0.291. The van der Waals surface area contributed by atoms with Crippen LogP contribution in [0.4, 0.5) is 10.5 Å². The van der Waals surface area contributed by atoms with E-state index in [9.17, 15) is 4.79 Å². The highest BCUT2D eigenvalue weighted by Gasteiger charge is 2.59. The molecular weight excluding hydrogens is 456 g/mol. The van der Waals surface area contributed by atoms with E-state index >= 15 is 0 Å². The van der Waals surface area contributed by atoms with Gasteiger partial charge in [0.15, 0.2) is 17.9 Å². The number of urea groups is 1. The number of ether oxygens (including phenoxy) is 5. The summed E-state index contributed by atoms with van der Waals surface area (Å²) in [5.74, 6) is -1.28. The molecule has 8 nitrogen and oxygen atoms in total. The lowest BCUT2D eigenvalue weighted by molar-refractivity contribution is -0.226. The molecule has 3 saturated heterocycles. The van der Waals surface area contributed by atoms with Crippen LogP contribution in [-0.4, -0.2) is 54.9 Å². The van der Waals surface area contributed by atoms with Gasteiger partial charge in [-0.15, -0.1) is 0 Å². The van der Waals surface area contributed by atoms with Gasteiger partial charge in [-0.25, -0.2) is 4.79 Å². The average molecular weight is 483 g/mol. The van der Waals surface area contributed by atoms with E-state index in [1.54, 1.807) is 0 Å². The second kappa shape index (κ2) is 7.72. The van der Waals surface area contributed by atoms with E-state index in [0.29, 0.717) is 12.3 Å². The van der Waals surface area contributed by atoms with Gasteiger partial charge in [-0.05, 0) is 44.9 Å². The van der Waals surface area contributed by atoms with Crippen LogP contribution in [0.25, 0.3) is 0 Å². The van der Waals surface area contributed by atoms with Gasteiger partial charge in [0.1, 0.15) is 18.3 Å². The fourth-order valence-electron chi connectivity index (χ4n) is 4.82. The first-order chi connectivity index (χ1) is 14.3. The number of carbonyl (C=O) groups excluding carboxylic acids is 1. The molecule has 1 spiro atoms. The molecular formula is C21H27BrN2O6. The van der Waals surface area contributed by atoms with Crippen molar-refractivity contribution >= 4 is 27.6 Å². The van der Waals surface area contributed by atoms with Crippen LogP contribution in [0.5, 0.6) is 0 Å². The first-order valence-electron chi connectivity index (χ1n) is 10.5. The van der Waals surface area contributed by atoms with Gasteiger partial charge in [0, 0.05) is 23.0 Å². The molecule has 0 bridgehead atoms. The van der Waals surface area contributed by atoms with Crippen LogP contribution >= 0.6 is 15.9 Å². The largest absolute Gasteiger partial charge is 0.347 e. The maximum absolute atomic E-state index is 12.8. The molecule has 3 aliphatic heterocycles. The van der Waals surface area contributed by atoms with E-state index in [4.69, 9.17) is 23.7 Å². The third-order valence-corrected chi connectivity index (χ3v) is 6.57. The molecule has 4 fully saturated rings. The van der Waals surface area contributed by atoms with Crippen LogP contribution in [0, 0.1) is 0 Å². The number of carbonyl (C=O) groups is 1. The number of amides is 2. The van der Waals surface area contributed by atoms with Crippen LogP contribution in [0.1, 0.15) is 39.5 Å². The zero-order valence-corrected chi connectivity index (χ0v) is 18.6. The molecule has 1 aliphatic carbocycles. The molecule has 2 N–H and O–H groups in total. The van der Waals surface area contributed by atoms with E-state index in [1.165, 1.54) is 0 Å². The summed E-state index contributed by atoms with van der Waals surface area (Å²) in [6.45, 7) is 4.11. The van der Waals surface area contributed by atoms with E-state index in [2.05, 4.69) is 26.6 Å². The van der Waals surface area contributed by atoms with E-state index in [0.717, 1.165) is 30.2 Å². The number of hydrogen-bond donors (Lipinski definition) is 2. The molecule has 1 saturated carbocycles. The first kappa shape index (κ1) is 20.7. The molecule has 3 heterocycles. The Morgan fingerprint density at radius 3 is 2.70 bits per heavy atom. The molecule has 164 valence electrons. The lowest BCUT2D eigenvalue weighted by Crippen LogP contribution is -2.53. The molecule has 4 aliphatic rings. The van der Waals surface area contributed by atoms with Crippen molar-refractivity contribution < 1.29 is 28.5 Å². The van der Waals surface area contributed by atoms with Gasteiger partial charge < -0.3 is 34.3 Å². The third-order valence-electron chi connectivity index (χ3n) is 6.08. The van der Waals surface area contributed by atoms with Crippen LogP contribution in [-0.2, 0) is 23.7 Å². The Kier molecular flexibility index (Phi) is 5.32. The molecule has 1 aromatic carbocycles. The van der Waals surface area contributed by atoms with Crippen molar-refractivity contribution in [2.24, 2.45) is 0 Å². The summed E-state index contributed by atoms with van der Waals surface area (Å²) in [4.78, 5) is 12.8. The zero-order chi connectivity index (χ0) is 20.9. The molecule has 0 aromatic heterocycles. The van der Waals surface area contributed by atoms with E-state index in [1.807, 2.05) is 38.1 Å². The molecule has 5 atom stereocenters. The van der Waals surface area contributed by atoms with Crippen molar-refractivity contribution in [3.8, 4) is 0 Å². The minimum Gasteiger partial charge on any atom is -0.347 e. The van der Waals surface area contributed by atoms with Crippen molar-refractivity contribution in [3.63, 3.8) is 0 Å². The van der Waals surface area contributed by atoms with E-state index in [-0.39, 0.29) is 12.1 Å². The van der Waals surface area contributed by atoms with Crippen LogP contribution in [0.3, 0.4) is 0 Å². The summed E-state index contributed by atoms with van der Waals surface area (Å²) in [5, 5.41) is 5.90. The van der Waals surface area contributed by atoms with Gasteiger partial charge in [0.25, 0.3) is 0 Å². The molecule has 5 rings (SSSR count). The van der Waals surface area contributed by atoms with Crippen molar-refractivity contribution in [1.29, 1.82) is 0 Å². The number of rotatable bonds is 3. The summed E-state index contributed by atoms with van der Waals surface area (Å²) in [6.07, 6.45) is 2.27. The van der Waals surface area contributed by atoms with Gasteiger partial charge in [0.2, 0.25) is 0 Å². The minimum atomic E-state index is -0.777. The molecule has 2 amide bonds. The number of anilines is 1. The highest BCUT2D eigenvalue weighted by Crippen LogP contribution is 2.44.